The Kier molecular flexibility index (Phi) is 5.09. The summed E-state index contributed by atoms with van der Waals surface area (Å²) >= 11 is 0. The van der Waals surface area contributed by atoms with Crippen LogP contribution in [0.2, 0.25) is 0 Å². The van der Waals surface area contributed by atoms with E-state index in [1.54, 1.807) is 19.1 Å². The highest BCUT2D eigenvalue weighted by Gasteiger charge is 2.20. The van der Waals surface area contributed by atoms with E-state index in [-0.39, 0.29) is 12.4 Å². The van der Waals surface area contributed by atoms with Crippen LogP contribution in [-0.4, -0.2) is 37.2 Å². The van der Waals surface area contributed by atoms with Crippen molar-refractivity contribution in [2.75, 3.05) is 24.6 Å². The van der Waals surface area contributed by atoms with Gasteiger partial charge in [-0.1, -0.05) is 0 Å². The predicted molar refractivity (Wildman–Crippen MR) is 78.5 cm³/mol. The molecule has 0 spiro atoms. The molecular formula is C16H19NO4. The molecule has 1 saturated heterocycles. The van der Waals surface area contributed by atoms with Gasteiger partial charge in [0.1, 0.15) is 0 Å². The SMILES string of the molecule is CCOC(=O)C(=O)CC(=O)c1ccc(N2CCCC2)cc1. The molecule has 1 heterocycles. The average molecular weight is 289 g/mol. The van der Waals surface area contributed by atoms with Gasteiger partial charge in [0.05, 0.1) is 13.0 Å². The van der Waals surface area contributed by atoms with Crippen molar-refractivity contribution in [3.05, 3.63) is 29.8 Å². The number of carbonyl (C=O) groups is 3. The summed E-state index contributed by atoms with van der Waals surface area (Å²) in [7, 11) is 0. The molecule has 5 nitrogen and oxygen atoms in total. The monoisotopic (exact) mass is 289 g/mol. The summed E-state index contributed by atoms with van der Waals surface area (Å²) in [5.74, 6) is -2.11. The first-order valence-electron chi connectivity index (χ1n) is 7.20. The largest absolute Gasteiger partial charge is 0.460 e. The lowest BCUT2D eigenvalue weighted by molar-refractivity contribution is -0.153. The van der Waals surface area contributed by atoms with Crippen LogP contribution < -0.4 is 4.90 Å². The number of ether oxygens (including phenoxy) is 1. The average Bonchev–Trinajstić information content (AvgIpc) is 3.01. The second-order valence-corrected chi connectivity index (χ2v) is 4.98. The summed E-state index contributed by atoms with van der Waals surface area (Å²) < 4.78 is 4.58. The fourth-order valence-corrected chi connectivity index (χ4v) is 2.37. The van der Waals surface area contributed by atoms with Gasteiger partial charge in [-0.05, 0) is 44.0 Å². The predicted octanol–water partition coefficient (Wildman–Crippen LogP) is 1.99. The number of nitrogens with zero attached hydrogens (tertiary/aromatic N) is 1. The van der Waals surface area contributed by atoms with E-state index < -0.39 is 18.2 Å². The molecule has 1 aromatic carbocycles. The van der Waals surface area contributed by atoms with Crippen LogP contribution in [0, 0.1) is 0 Å². The molecule has 0 unspecified atom stereocenters. The molecule has 112 valence electrons. The number of ketones is 2. The highest BCUT2D eigenvalue weighted by Crippen LogP contribution is 2.20. The second kappa shape index (κ2) is 7.02. The van der Waals surface area contributed by atoms with Crippen molar-refractivity contribution < 1.29 is 19.1 Å². The Bertz CT molecular complexity index is 530. The molecule has 0 atom stereocenters. The number of hydrogen-bond acceptors (Lipinski definition) is 5. The molecule has 0 amide bonds. The highest BCUT2D eigenvalue weighted by atomic mass is 16.5. The number of Topliss-reactive ketones (excluding diaryl/α,β-unsaturated/α-hetero) is 2. The summed E-state index contributed by atoms with van der Waals surface area (Å²) in [4.78, 5) is 36.9. The Morgan fingerprint density at radius 2 is 1.71 bits per heavy atom. The van der Waals surface area contributed by atoms with Gasteiger partial charge in [0.2, 0.25) is 5.78 Å². The topological polar surface area (TPSA) is 63.7 Å². The molecule has 1 aliphatic rings. The van der Waals surface area contributed by atoms with Gasteiger partial charge in [-0.2, -0.15) is 0 Å². The number of hydrogen-bond donors (Lipinski definition) is 0. The van der Waals surface area contributed by atoms with Crippen LogP contribution in [0.25, 0.3) is 0 Å². The Morgan fingerprint density at radius 1 is 1.10 bits per heavy atom. The number of anilines is 1. The van der Waals surface area contributed by atoms with E-state index in [1.807, 2.05) is 12.1 Å². The number of carbonyl (C=O) groups excluding carboxylic acids is 3. The molecule has 1 aliphatic heterocycles. The quantitative estimate of drug-likeness (QED) is 0.347. The third-order valence-electron chi connectivity index (χ3n) is 3.48. The zero-order valence-electron chi connectivity index (χ0n) is 12.1. The fraction of sp³-hybridized carbons (Fsp3) is 0.438. The molecule has 2 rings (SSSR count). The Morgan fingerprint density at radius 3 is 2.29 bits per heavy atom. The van der Waals surface area contributed by atoms with E-state index in [9.17, 15) is 14.4 Å². The van der Waals surface area contributed by atoms with E-state index in [0.29, 0.717) is 5.56 Å². The first kappa shape index (κ1) is 15.2. The minimum atomic E-state index is -0.945. The van der Waals surface area contributed by atoms with Gasteiger partial charge in [-0.15, -0.1) is 0 Å². The van der Waals surface area contributed by atoms with E-state index in [0.717, 1.165) is 18.8 Å². The molecule has 0 aliphatic carbocycles. The normalized spacial score (nSPS) is 14.0. The summed E-state index contributed by atoms with van der Waals surface area (Å²) in [6.07, 6.45) is 1.94. The zero-order valence-corrected chi connectivity index (χ0v) is 12.1. The van der Waals surface area contributed by atoms with Crippen LogP contribution in [0.4, 0.5) is 5.69 Å². The van der Waals surface area contributed by atoms with Crippen LogP contribution in [0.5, 0.6) is 0 Å². The van der Waals surface area contributed by atoms with Crippen LogP contribution in [0.1, 0.15) is 36.5 Å². The summed E-state index contributed by atoms with van der Waals surface area (Å²) in [5.41, 5.74) is 1.52. The molecule has 21 heavy (non-hydrogen) atoms. The first-order chi connectivity index (χ1) is 10.1. The van der Waals surface area contributed by atoms with Crippen molar-refractivity contribution in [3.63, 3.8) is 0 Å². The van der Waals surface area contributed by atoms with Gasteiger partial charge in [0.25, 0.3) is 0 Å². The summed E-state index contributed by atoms with van der Waals surface area (Å²) in [6, 6.07) is 7.17. The molecule has 0 aromatic heterocycles. The van der Waals surface area contributed by atoms with Crippen molar-refractivity contribution >= 4 is 23.2 Å². The maximum atomic E-state index is 12.0. The molecule has 0 bridgehead atoms. The van der Waals surface area contributed by atoms with E-state index in [1.165, 1.54) is 12.8 Å². The maximum absolute atomic E-state index is 12.0. The molecule has 0 saturated carbocycles. The van der Waals surface area contributed by atoms with Crippen molar-refractivity contribution in [2.45, 2.75) is 26.2 Å². The standard InChI is InChI=1S/C16H19NO4/c1-2-21-16(20)15(19)11-14(18)12-5-7-13(8-6-12)17-9-3-4-10-17/h5-8H,2-4,9-11H2,1H3. The Labute approximate surface area is 123 Å². The van der Waals surface area contributed by atoms with Gasteiger partial charge < -0.3 is 9.64 Å². The summed E-state index contributed by atoms with van der Waals surface area (Å²) in [6.45, 7) is 3.82. The van der Waals surface area contributed by atoms with Crippen molar-refractivity contribution in [1.82, 2.24) is 0 Å². The van der Waals surface area contributed by atoms with Gasteiger partial charge >= 0.3 is 5.97 Å². The number of benzene rings is 1. The molecular weight excluding hydrogens is 270 g/mol. The zero-order chi connectivity index (χ0) is 15.2. The third kappa shape index (κ3) is 3.90. The van der Waals surface area contributed by atoms with Gasteiger partial charge in [0, 0.05) is 24.3 Å². The van der Waals surface area contributed by atoms with Crippen LogP contribution >= 0.6 is 0 Å². The number of esters is 1. The highest BCUT2D eigenvalue weighted by molar-refractivity contribution is 6.38. The van der Waals surface area contributed by atoms with E-state index in [2.05, 4.69) is 9.64 Å². The summed E-state index contributed by atoms with van der Waals surface area (Å²) in [5, 5.41) is 0. The smallest absolute Gasteiger partial charge is 0.375 e. The van der Waals surface area contributed by atoms with Crippen LogP contribution in [0.3, 0.4) is 0 Å². The Balaban J connectivity index is 1.96. The second-order valence-electron chi connectivity index (χ2n) is 4.98. The molecule has 5 heteroatoms. The van der Waals surface area contributed by atoms with Crippen molar-refractivity contribution in [3.8, 4) is 0 Å². The third-order valence-corrected chi connectivity index (χ3v) is 3.48. The lowest BCUT2D eigenvalue weighted by Gasteiger charge is -2.17. The molecule has 0 radical (unpaired) electrons. The van der Waals surface area contributed by atoms with Crippen molar-refractivity contribution in [2.24, 2.45) is 0 Å². The number of rotatable bonds is 6. The van der Waals surface area contributed by atoms with Gasteiger partial charge in [0.15, 0.2) is 5.78 Å². The minimum Gasteiger partial charge on any atom is -0.460 e. The molecule has 1 fully saturated rings. The van der Waals surface area contributed by atoms with Crippen molar-refractivity contribution in [1.29, 1.82) is 0 Å². The molecule has 0 N–H and O–H groups in total. The molecule has 1 aromatic rings. The van der Waals surface area contributed by atoms with Crippen LogP contribution in [-0.2, 0) is 14.3 Å². The maximum Gasteiger partial charge on any atom is 0.375 e. The lowest BCUT2D eigenvalue weighted by atomic mass is 10.1. The van der Waals surface area contributed by atoms with Gasteiger partial charge in [-0.3, -0.25) is 9.59 Å². The van der Waals surface area contributed by atoms with Gasteiger partial charge in [-0.25, -0.2) is 4.79 Å². The first-order valence-corrected chi connectivity index (χ1v) is 7.20. The lowest BCUT2D eigenvalue weighted by Crippen LogP contribution is -2.21. The minimum absolute atomic E-state index is 0.128. The fourth-order valence-electron chi connectivity index (χ4n) is 2.37. The van der Waals surface area contributed by atoms with E-state index in [4.69, 9.17) is 0 Å². The van der Waals surface area contributed by atoms with E-state index >= 15 is 0 Å². The van der Waals surface area contributed by atoms with Crippen LogP contribution in [0.15, 0.2) is 24.3 Å². The Hall–Kier alpha value is -2.17.